The van der Waals surface area contributed by atoms with Crippen LogP contribution in [0.25, 0.3) is 0 Å². The third-order valence-electron chi connectivity index (χ3n) is 3.72. The van der Waals surface area contributed by atoms with Crippen molar-refractivity contribution in [3.05, 3.63) is 11.6 Å². The number of rotatable bonds is 2. The van der Waals surface area contributed by atoms with Gasteiger partial charge in [0.25, 0.3) is 0 Å². The molecule has 0 aliphatic carbocycles. The van der Waals surface area contributed by atoms with Crippen LogP contribution in [0.2, 0.25) is 0 Å². The van der Waals surface area contributed by atoms with E-state index in [-0.39, 0.29) is 11.9 Å². The molecule has 2 aliphatic rings. The minimum Gasteiger partial charge on any atom is -0.378 e. The molecule has 6 nitrogen and oxygen atoms in total. The lowest BCUT2D eigenvalue weighted by molar-refractivity contribution is -0.136. The first-order chi connectivity index (χ1) is 9.84. The van der Waals surface area contributed by atoms with E-state index in [0.29, 0.717) is 13.2 Å². The summed E-state index contributed by atoms with van der Waals surface area (Å²) in [5, 5.41) is 6.28. The number of aromatic nitrogens is 1. The summed E-state index contributed by atoms with van der Waals surface area (Å²) in [6, 6.07) is -0.171. The van der Waals surface area contributed by atoms with Crippen molar-refractivity contribution in [3.63, 3.8) is 0 Å². The predicted octanol–water partition coefficient (Wildman–Crippen LogP) is 0.170. The van der Waals surface area contributed by atoms with Gasteiger partial charge in [-0.3, -0.25) is 4.79 Å². The molecule has 0 radical (unpaired) electrons. The van der Waals surface area contributed by atoms with Crippen LogP contribution in [-0.4, -0.2) is 67.8 Å². The summed E-state index contributed by atoms with van der Waals surface area (Å²) in [4.78, 5) is 21.0. The Morgan fingerprint density at radius 1 is 1.40 bits per heavy atom. The second-order valence-corrected chi connectivity index (χ2v) is 5.94. The van der Waals surface area contributed by atoms with E-state index in [2.05, 4.69) is 15.2 Å². The molecule has 0 spiro atoms. The SMILES string of the molecule is O=C(C1COCCN1)N1CCCN(c2nccs2)CC1. The molecule has 1 amide bonds. The second kappa shape index (κ2) is 6.51. The van der Waals surface area contributed by atoms with Crippen LogP contribution in [-0.2, 0) is 9.53 Å². The van der Waals surface area contributed by atoms with Gasteiger partial charge in [0.05, 0.1) is 13.2 Å². The Kier molecular flexibility index (Phi) is 4.49. The van der Waals surface area contributed by atoms with Crippen LogP contribution in [0, 0.1) is 0 Å². The number of hydrogen-bond acceptors (Lipinski definition) is 6. The first kappa shape index (κ1) is 13.8. The van der Waals surface area contributed by atoms with E-state index in [9.17, 15) is 4.79 Å². The van der Waals surface area contributed by atoms with E-state index in [1.54, 1.807) is 11.3 Å². The second-order valence-electron chi connectivity index (χ2n) is 5.06. The zero-order chi connectivity index (χ0) is 13.8. The Hall–Kier alpha value is -1.18. The van der Waals surface area contributed by atoms with Gasteiger partial charge in [0.1, 0.15) is 6.04 Å². The standard InChI is InChI=1S/C13H20N4O2S/c18-12(11-10-19-8-2-14-11)16-4-1-5-17(7-6-16)13-15-3-9-20-13/h3,9,11,14H,1-2,4-8,10H2. The number of hydrogen-bond donors (Lipinski definition) is 1. The van der Waals surface area contributed by atoms with E-state index in [0.717, 1.165) is 44.3 Å². The van der Waals surface area contributed by atoms with Gasteiger partial charge in [-0.25, -0.2) is 4.98 Å². The van der Waals surface area contributed by atoms with E-state index in [1.807, 2.05) is 16.5 Å². The zero-order valence-electron chi connectivity index (χ0n) is 11.5. The van der Waals surface area contributed by atoms with Crippen molar-refractivity contribution in [2.24, 2.45) is 0 Å². The first-order valence-electron chi connectivity index (χ1n) is 7.09. The number of amides is 1. The summed E-state index contributed by atoms with van der Waals surface area (Å²) in [7, 11) is 0. The van der Waals surface area contributed by atoms with Gasteiger partial charge in [0, 0.05) is 44.3 Å². The molecule has 2 aliphatic heterocycles. The van der Waals surface area contributed by atoms with Crippen LogP contribution in [0.4, 0.5) is 5.13 Å². The molecule has 20 heavy (non-hydrogen) atoms. The van der Waals surface area contributed by atoms with E-state index in [1.165, 1.54) is 0 Å². The molecule has 3 rings (SSSR count). The number of ether oxygens (including phenoxy) is 1. The van der Waals surface area contributed by atoms with Gasteiger partial charge in [0.2, 0.25) is 5.91 Å². The average Bonchev–Trinajstić information content (AvgIpc) is 2.92. The Balaban J connectivity index is 1.57. The van der Waals surface area contributed by atoms with Crippen molar-refractivity contribution in [2.45, 2.75) is 12.5 Å². The molecule has 1 atom stereocenters. The van der Waals surface area contributed by atoms with Crippen molar-refractivity contribution in [1.29, 1.82) is 0 Å². The molecule has 1 aromatic rings. The number of thiazole rings is 1. The Morgan fingerprint density at radius 3 is 3.10 bits per heavy atom. The average molecular weight is 296 g/mol. The van der Waals surface area contributed by atoms with Crippen molar-refractivity contribution >= 4 is 22.4 Å². The van der Waals surface area contributed by atoms with Crippen LogP contribution in [0.5, 0.6) is 0 Å². The van der Waals surface area contributed by atoms with Crippen LogP contribution >= 0.6 is 11.3 Å². The summed E-state index contributed by atoms with van der Waals surface area (Å²) < 4.78 is 5.38. The summed E-state index contributed by atoms with van der Waals surface area (Å²) in [6.07, 6.45) is 2.82. The third kappa shape index (κ3) is 3.11. The maximum atomic E-state index is 12.5. The number of nitrogens with one attached hydrogen (secondary N) is 1. The Morgan fingerprint density at radius 2 is 2.35 bits per heavy atom. The van der Waals surface area contributed by atoms with Gasteiger partial charge in [-0.15, -0.1) is 11.3 Å². The minimum atomic E-state index is -0.171. The van der Waals surface area contributed by atoms with Gasteiger partial charge < -0.3 is 19.9 Å². The number of nitrogens with zero attached hydrogens (tertiary/aromatic N) is 3. The van der Waals surface area contributed by atoms with Gasteiger partial charge in [-0.2, -0.15) is 0 Å². The fourth-order valence-corrected chi connectivity index (χ4v) is 3.34. The summed E-state index contributed by atoms with van der Waals surface area (Å²) in [5.74, 6) is 0.172. The van der Waals surface area contributed by atoms with Crippen molar-refractivity contribution in [1.82, 2.24) is 15.2 Å². The number of anilines is 1. The van der Waals surface area contributed by atoms with Crippen molar-refractivity contribution < 1.29 is 9.53 Å². The fraction of sp³-hybridized carbons (Fsp3) is 0.692. The normalized spacial score (nSPS) is 24.5. The molecule has 1 unspecified atom stereocenters. The van der Waals surface area contributed by atoms with Crippen LogP contribution in [0.1, 0.15) is 6.42 Å². The third-order valence-corrected chi connectivity index (χ3v) is 4.55. The lowest BCUT2D eigenvalue weighted by atomic mass is 10.2. The molecule has 7 heteroatoms. The molecule has 0 saturated carbocycles. The molecular weight excluding hydrogens is 276 g/mol. The largest absolute Gasteiger partial charge is 0.378 e. The summed E-state index contributed by atoms with van der Waals surface area (Å²) in [5.41, 5.74) is 0. The fourth-order valence-electron chi connectivity index (χ4n) is 2.65. The molecular formula is C13H20N4O2S. The number of carbonyl (C=O) groups is 1. The first-order valence-corrected chi connectivity index (χ1v) is 7.97. The van der Waals surface area contributed by atoms with Gasteiger partial charge in [0.15, 0.2) is 5.13 Å². The highest BCUT2D eigenvalue weighted by molar-refractivity contribution is 7.13. The van der Waals surface area contributed by atoms with Gasteiger partial charge >= 0.3 is 0 Å². The molecule has 110 valence electrons. The molecule has 1 aromatic heterocycles. The van der Waals surface area contributed by atoms with E-state index >= 15 is 0 Å². The zero-order valence-corrected chi connectivity index (χ0v) is 12.3. The molecule has 2 saturated heterocycles. The van der Waals surface area contributed by atoms with Crippen molar-refractivity contribution in [3.8, 4) is 0 Å². The van der Waals surface area contributed by atoms with E-state index in [4.69, 9.17) is 4.74 Å². The van der Waals surface area contributed by atoms with E-state index < -0.39 is 0 Å². The molecule has 0 aromatic carbocycles. The quantitative estimate of drug-likeness (QED) is 0.843. The smallest absolute Gasteiger partial charge is 0.242 e. The lowest BCUT2D eigenvalue weighted by Gasteiger charge is -2.29. The monoisotopic (exact) mass is 296 g/mol. The lowest BCUT2D eigenvalue weighted by Crippen LogP contribution is -2.53. The molecule has 1 N–H and O–H groups in total. The highest BCUT2D eigenvalue weighted by Crippen LogP contribution is 2.19. The minimum absolute atomic E-state index is 0.171. The van der Waals surface area contributed by atoms with Gasteiger partial charge in [-0.05, 0) is 6.42 Å². The summed E-state index contributed by atoms with van der Waals surface area (Å²) in [6.45, 7) is 5.34. The van der Waals surface area contributed by atoms with Crippen LogP contribution in [0.3, 0.4) is 0 Å². The maximum Gasteiger partial charge on any atom is 0.242 e. The highest BCUT2D eigenvalue weighted by atomic mass is 32.1. The van der Waals surface area contributed by atoms with Crippen LogP contribution in [0.15, 0.2) is 11.6 Å². The van der Waals surface area contributed by atoms with Crippen LogP contribution < -0.4 is 10.2 Å². The van der Waals surface area contributed by atoms with Crippen molar-refractivity contribution in [2.75, 3.05) is 50.8 Å². The maximum absolute atomic E-state index is 12.5. The highest BCUT2D eigenvalue weighted by Gasteiger charge is 2.27. The topological polar surface area (TPSA) is 57.7 Å². The molecule has 0 bridgehead atoms. The summed E-state index contributed by atoms with van der Waals surface area (Å²) >= 11 is 1.66. The number of carbonyl (C=O) groups excluding carboxylic acids is 1. The molecule has 3 heterocycles. The Labute approximate surface area is 122 Å². The predicted molar refractivity (Wildman–Crippen MR) is 78.1 cm³/mol. The van der Waals surface area contributed by atoms with Gasteiger partial charge in [-0.1, -0.05) is 0 Å². The number of morpholine rings is 1. The Bertz CT molecular complexity index is 434. The molecule has 2 fully saturated rings.